The molecule has 0 unspecified atom stereocenters. The SMILES string of the molecule is CC(C)(CN)c1ccn2c(-c3ccnc(N)n3)c(-c3ccc(F)cc3)nc2c1. The smallest absolute Gasteiger partial charge is 0.220 e. The fraction of sp³-hybridized carbons (Fsp3) is 0.190. The van der Waals surface area contributed by atoms with E-state index in [0.717, 1.165) is 22.5 Å². The van der Waals surface area contributed by atoms with Crippen molar-refractivity contribution in [2.45, 2.75) is 19.3 Å². The lowest BCUT2D eigenvalue weighted by atomic mass is 9.85. The Hall–Kier alpha value is -3.32. The van der Waals surface area contributed by atoms with E-state index in [2.05, 4.69) is 23.8 Å². The van der Waals surface area contributed by atoms with Crippen LogP contribution in [0.15, 0.2) is 54.9 Å². The first-order chi connectivity index (χ1) is 13.4. The average Bonchev–Trinajstić information content (AvgIpc) is 3.07. The highest BCUT2D eigenvalue weighted by molar-refractivity contribution is 5.80. The summed E-state index contributed by atoms with van der Waals surface area (Å²) >= 11 is 0. The lowest BCUT2D eigenvalue weighted by Gasteiger charge is -2.22. The highest BCUT2D eigenvalue weighted by Crippen LogP contribution is 2.33. The predicted octanol–water partition coefficient (Wildman–Crippen LogP) is 3.42. The minimum Gasteiger partial charge on any atom is -0.368 e. The summed E-state index contributed by atoms with van der Waals surface area (Å²) in [5.74, 6) is -0.120. The number of nitrogens with zero attached hydrogens (tertiary/aromatic N) is 4. The van der Waals surface area contributed by atoms with Crippen molar-refractivity contribution in [3.8, 4) is 22.6 Å². The number of hydrogen-bond acceptors (Lipinski definition) is 5. The number of nitrogen functional groups attached to an aromatic ring is 1. The van der Waals surface area contributed by atoms with Crippen molar-refractivity contribution < 1.29 is 4.39 Å². The predicted molar refractivity (Wildman–Crippen MR) is 108 cm³/mol. The summed E-state index contributed by atoms with van der Waals surface area (Å²) in [5, 5.41) is 0. The van der Waals surface area contributed by atoms with Crippen molar-refractivity contribution in [1.29, 1.82) is 0 Å². The Morgan fingerprint density at radius 2 is 1.82 bits per heavy atom. The molecular formula is C21H21FN6. The second-order valence-electron chi connectivity index (χ2n) is 7.35. The van der Waals surface area contributed by atoms with Gasteiger partial charge in [0.15, 0.2) is 0 Å². The molecule has 0 saturated heterocycles. The summed E-state index contributed by atoms with van der Waals surface area (Å²) in [6, 6.07) is 12.1. The molecule has 1 aromatic carbocycles. The largest absolute Gasteiger partial charge is 0.368 e. The van der Waals surface area contributed by atoms with Crippen LogP contribution in [-0.2, 0) is 5.41 Å². The second kappa shape index (κ2) is 6.69. The molecule has 142 valence electrons. The van der Waals surface area contributed by atoms with Gasteiger partial charge < -0.3 is 11.5 Å². The Morgan fingerprint density at radius 1 is 1.07 bits per heavy atom. The van der Waals surface area contributed by atoms with Crippen LogP contribution in [0.5, 0.6) is 0 Å². The van der Waals surface area contributed by atoms with Crippen molar-refractivity contribution in [3.63, 3.8) is 0 Å². The van der Waals surface area contributed by atoms with Crippen molar-refractivity contribution >= 4 is 11.6 Å². The van der Waals surface area contributed by atoms with Crippen LogP contribution < -0.4 is 11.5 Å². The molecule has 4 N–H and O–H groups in total. The van der Waals surface area contributed by atoms with Gasteiger partial charge in [0, 0.05) is 29.9 Å². The van der Waals surface area contributed by atoms with Gasteiger partial charge in [-0.1, -0.05) is 13.8 Å². The Balaban J connectivity index is 2.00. The Bertz CT molecular complexity index is 1150. The number of hydrogen-bond donors (Lipinski definition) is 2. The van der Waals surface area contributed by atoms with Crippen molar-refractivity contribution in [2.75, 3.05) is 12.3 Å². The summed E-state index contributed by atoms with van der Waals surface area (Å²) in [6.45, 7) is 4.70. The highest BCUT2D eigenvalue weighted by Gasteiger charge is 2.22. The van der Waals surface area contributed by atoms with E-state index in [1.54, 1.807) is 24.4 Å². The van der Waals surface area contributed by atoms with Crippen LogP contribution in [0.25, 0.3) is 28.3 Å². The summed E-state index contributed by atoms with van der Waals surface area (Å²) in [4.78, 5) is 13.2. The van der Waals surface area contributed by atoms with E-state index < -0.39 is 0 Å². The molecule has 4 rings (SSSR count). The number of nitrogens with two attached hydrogens (primary N) is 2. The molecule has 0 bridgehead atoms. The van der Waals surface area contributed by atoms with Crippen LogP contribution in [0.1, 0.15) is 19.4 Å². The van der Waals surface area contributed by atoms with Gasteiger partial charge in [0.2, 0.25) is 5.95 Å². The topological polar surface area (TPSA) is 95.1 Å². The number of anilines is 1. The molecule has 0 saturated carbocycles. The van der Waals surface area contributed by atoms with E-state index in [4.69, 9.17) is 16.5 Å². The van der Waals surface area contributed by atoms with Gasteiger partial charge in [-0.3, -0.25) is 4.40 Å². The minimum atomic E-state index is -0.299. The monoisotopic (exact) mass is 376 g/mol. The Kier molecular flexibility index (Phi) is 4.31. The van der Waals surface area contributed by atoms with Gasteiger partial charge in [-0.2, -0.15) is 0 Å². The third-order valence-corrected chi connectivity index (χ3v) is 4.95. The van der Waals surface area contributed by atoms with Crippen LogP contribution in [-0.4, -0.2) is 25.9 Å². The van der Waals surface area contributed by atoms with Gasteiger partial charge in [-0.05, 0) is 48.0 Å². The molecule has 0 aliphatic carbocycles. The molecule has 7 heteroatoms. The molecular weight excluding hydrogens is 355 g/mol. The molecule has 3 aromatic heterocycles. The van der Waals surface area contributed by atoms with Crippen LogP contribution in [0.2, 0.25) is 0 Å². The zero-order chi connectivity index (χ0) is 19.9. The van der Waals surface area contributed by atoms with Gasteiger partial charge in [-0.15, -0.1) is 0 Å². The number of halogens is 1. The maximum Gasteiger partial charge on any atom is 0.220 e. The maximum atomic E-state index is 13.4. The number of imidazole rings is 1. The Morgan fingerprint density at radius 3 is 2.50 bits per heavy atom. The number of benzene rings is 1. The van der Waals surface area contributed by atoms with E-state index in [9.17, 15) is 4.39 Å². The molecule has 3 heterocycles. The molecule has 0 aliphatic heterocycles. The molecule has 0 aliphatic rings. The Labute approximate surface area is 162 Å². The molecule has 0 amide bonds. The van der Waals surface area contributed by atoms with Crippen LogP contribution in [0, 0.1) is 5.82 Å². The number of fused-ring (bicyclic) bond motifs is 1. The van der Waals surface area contributed by atoms with E-state index in [1.165, 1.54) is 12.1 Å². The third-order valence-electron chi connectivity index (χ3n) is 4.95. The fourth-order valence-electron chi connectivity index (χ4n) is 3.14. The second-order valence-corrected chi connectivity index (χ2v) is 7.35. The molecule has 0 fully saturated rings. The van der Waals surface area contributed by atoms with E-state index >= 15 is 0 Å². The first-order valence-corrected chi connectivity index (χ1v) is 8.96. The van der Waals surface area contributed by atoms with E-state index in [0.29, 0.717) is 17.9 Å². The minimum absolute atomic E-state index is 0.177. The maximum absolute atomic E-state index is 13.4. The molecule has 0 atom stereocenters. The van der Waals surface area contributed by atoms with E-state index in [1.807, 2.05) is 22.7 Å². The van der Waals surface area contributed by atoms with E-state index in [-0.39, 0.29) is 17.2 Å². The summed E-state index contributed by atoms with van der Waals surface area (Å²) in [7, 11) is 0. The van der Waals surface area contributed by atoms with Gasteiger partial charge in [0.1, 0.15) is 11.5 Å². The first-order valence-electron chi connectivity index (χ1n) is 8.96. The molecule has 6 nitrogen and oxygen atoms in total. The van der Waals surface area contributed by atoms with Crippen molar-refractivity contribution in [2.24, 2.45) is 5.73 Å². The number of pyridine rings is 1. The van der Waals surface area contributed by atoms with Crippen molar-refractivity contribution in [1.82, 2.24) is 19.4 Å². The van der Waals surface area contributed by atoms with Gasteiger partial charge in [0.05, 0.1) is 17.1 Å². The van der Waals surface area contributed by atoms with Gasteiger partial charge >= 0.3 is 0 Å². The summed E-state index contributed by atoms with van der Waals surface area (Å²) < 4.78 is 15.4. The first kappa shape index (κ1) is 18.1. The van der Waals surface area contributed by atoms with Crippen LogP contribution in [0.3, 0.4) is 0 Å². The summed E-state index contributed by atoms with van der Waals surface area (Å²) in [6.07, 6.45) is 3.56. The van der Waals surface area contributed by atoms with Crippen LogP contribution >= 0.6 is 0 Å². The lowest BCUT2D eigenvalue weighted by Crippen LogP contribution is -2.28. The standard InChI is InChI=1S/C21H21FN6/c1-21(2,12-23)14-8-10-28-17(11-14)27-18(13-3-5-15(22)6-4-13)19(28)16-7-9-25-20(24)26-16/h3-11H,12,23H2,1-2H3,(H2,24,25,26). The van der Waals surface area contributed by atoms with Gasteiger partial charge in [0.25, 0.3) is 0 Å². The quantitative estimate of drug-likeness (QED) is 0.569. The number of rotatable bonds is 4. The third kappa shape index (κ3) is 3.10. The summed E-state index contributed by atoms with van der Waals surface area (Å²) in [5.41, 5.74) is 16.3. The average molecular weight is 376 g/mol. The molecule has 0 spiro atoms. The molecule has 0 radical (unpaired) electrons. The fourth-order valence-corrected chi connectivity index (χ4v) is 3.14. The zero-order valence-electron chi connectivity index (χ0n) is 15.7. The normalized spacial score (nSPS) is 11.9. The van der Waals surface area contributed by atoms with Crippen molar-refractivity contribution in [3.05, 3.63) is 66.2 Å². The lowest BCUT2D eigenvalue weighted by molar-refractivity contribution is 0.539. The van der Waals surface area contributed by atoms with Crippen LogP contribution in [0.4, 0.5) is 10.3 Å². The number of aromatic nitrogens is 4. The molecule has 28 heavy (non-hydrogen) atoms. The molecule has 4 aromatic rings. The van der Waals surface area contributed by atoms with Gasteiger partial charge in [-0.25, -0.2) is 19.3 Å². The zero-order valence-corrected chi connectivity index (χ0v) is 15.7. The highest BCUT2D eigenvalue weighted by atomic mass is 19.1.